The first-order valence-electron chi connectivity index (χ1n) is 8.36. The van der Waals surface area contributed by atoms with Crippen molar-refractivity contribution in [2.24, 2.45) is 0 Å². The predicted octanol–water partition coefficient (Wildman–Crippen LogP) is 2.60. The van der Waals surface area contributed by atoms with Crippen molar-refractivity contribution >= 4 is 15.7 Å². The number of rotatable bonds is 6. The summed E-state index contributed by atoms with van der Waals surface area (Å²) in [5, 5.41) is 12.1. The maximum absolute atomic E-state index is 13.0. The van der Waals surface area contributed by atoms with Gasteiger partial charge in [0, 0.05) is 6.54 Å². The fourth-order valence-corrected chi connectivity index (χ4v) is 4.21. The van der Waals surface area contributed by atoms with Gasteiger partial charge in [0.2, 0.25) is 0 Å². The van der Waals surface area contributed by atoms with E-state index < -0.39 is 10.0 Å². The maximum Gasteiger partial charge on any atom is 0.262 e. The van der Waals surface area contributed by atoms with Crippen molar-refractivity contribution in [2.45, 2.75) is 45.6 Å². The topological polar surface area (TPSA) is 94.7 Å². The Bertz CT molecular complexity index is 1020. The molecule has 8 nitrogen and oxygen atoms in total. The van der Waals surface area contributed by atoms with E-state index in [1.165, 1.54) is 12.7 Å². The molecule has 0 saturated heterocycles. The number of aryl methyl sites for hydroxylation is 3. The van der Waals surface area contributed by atoms with Crippen molar-refractivity contribution in [1.29, 1.82) is 0 Å². The van der Waals surface area contributed by atoms with Gasteiger partial charge in [0.25, 0.3) is 10.0 Å². The first-order valence-corrected chi connectivity index (χ1v) is 9.84. The van der Waals surface area contributed by atoms with E-state index in [9.17, 15) is 8.42 Å². The third kappa shape index (κ3) is 3.34. The van der Waals surface area contributed by atoms with Crippen LogP contribution >= 0.6 is 0 Å². The number of anilines is 1. The minimum Gasteiger partial charge on any atom is -0.274 e. The third-order valence-corrected chi connectivity index (χ3v) is 5.65. The molecule has 0 atom stereocenters. The molecule has 2 aromatic heterocycles. The Morgan fingerprint density at radius 1 is 1.12 bits per heavy atom. The lowest BCUT2D eigenvalue weighted by molar-refractivity contribution is 0.583. The van der Waals surface area contributed by atoms with Gasteiger partial charge in [-0.25, -0.2) is 8.42 Å². The van der Waals surface area contributed by atoms with Crippen LogP contribution < -0.4 is 4.72 Å². The summed E-state index contributed by atoms with van der Waals surface area (Å²) >= 11 is 0. The highest BCUT2D eigenvalue weighted by Crippen LogP contribution is 2.28. The van der Waals surface area contributed by atoms with Gasteiger partial charge in [0.15, 0.2) is 5.82 Å². The molecule has 138 valence electrons. The second-order valence-electron chi connectivity index (χ2n) is 6.25. The highest BCUT2D eigenvalue weighted by molar-refractivity contribution is 7.92. The van der Waals surface area contributed by atoms with E-state index in [1.807, 2.05) is 26.8 Å². The van der Waals surface area contributed by atoms with E-state index in [2.05, 4.69) is 20.0 Å². The van der Waals surface area contributed by atoms with Crippen molar-refractivity contribution in [3.63, 3.8) is 0 Å². The molecule has 26 heavy (non-hydrogen) atoms. The smallest absolute Gasteiger partial charge is 0.262 e. The molecule has 0 aliphatic rings. The van der Waals surface area contributed by atoms with E-state index in [1.54, 1.807) is 28.3 Å². The summed E-state index contributed by atoms with van der Waals surface area (Å²) in [6.45, 7) is 8.29. The quantitative estimate of drug-likeness (QED) is 0.716. The molecular formula is C17H22N6O2S. The lowest BCUT2D eigenvalue weighted by atomic mass is 10.2. The van der Waals surface area contributed by atoms with Gasteiger partial charge in [-0.3, -0.25) is 14.0 Å². The zero-order valence-electron chi connectivity index (χ0n) is 15.3. The lowest BCUT2D eigenvalue weighted by Gasteiger charge is -2.12. The minimum atomic E-state index is -3.76. The van der Waals surface area contributed by atoms with Gasteiger partial charge in [-0.2, -0.15) is 5.10 Å². The van der Waals surface area contributed by atoms with Crippen LogP contribution in [0.4, 0.5) is 5.69 Å². The zero-order valence-corrected chi connectivity index (χ0v) is 16.1. The Morgan fingerprint density at radius 3 is 2.42 bits per heavy atom. The molecule has 9 heteroatoms. The largest absolute Gasteiger partial charge is 0.274 e. The number of sulfonamides is 1. The predicted molar refractivity (Wildman–Crippen MR) is 98.9 cm³/mol. The van der Waals surface area contributed by atoms with Crippen LogP contribution in [0.5, 0.6) is 0 Å². The SMILES string of the molecule is CCCn1nc(-n2cnnc2)c(NS(=O)(=O)c2ccc(C)cc2C)c1C. The Kier molecular flexibility index (Phi) is 4.82. The summed E-state index contributed by atoms with van der Waals surface area (Å²) in [5.74, 6) is 0.453. The summed E-state index contributed by atoms with van der Waals surface area (Å²) < 4.78 is 32.1. The van der Waals surface area contributed by atoms with E-state index in [-0.39, 0.29) is 4.90 Å². The van der Waals surface area contributed by atoms with Crippen LogP contribution in [0.2, 0.25) is 0 Å². The Labute approximate surface area is 152 Å². The van der Waals surface area contributed by atoms with Crippen LogP contribution in [0.25, 0.3) is 5.82 Å². The summed E-state index contributed by atoms with van der Waals surface area (Å²) in [4.78, 5) is 0.250. The molecule has 0 amide bonds. The molecule has 0 aliphatic heterocycles. The fourth-order valence-electron chi connectivity index (χ4n) is 2.86. The normalized spacial score (nSPS) is 11.7. The van der Waals surface area contributed by atoms with Gasteiger partial charge in [0.05, 0.1) is 10.6 Å². The van der Waals surface area contributed by atoms with Crippen LogP contribution in [-0.4, -0.2) is 33.0 Å². The zero-order chi connectivity index (χ0) is 18.9. The van der Waals surface area contributed by atoms with E-state index in [4.69, 9.17) is 0 Å². The molecule has 3 rings (SSSR count). The van der Waals surface area contributed by atoms with Crippen molar-refractivity contribution in [1.82, 2.24) is 24.5 Å². The second kappa shape index (κ2) is 6.91. The molecule has 0 aliphatic carbocycles. The van der Waals surface area contributed by atoms with Gasteiger partial charge in [0.1, 0.15) is 18.3 Å². The van der Waals surface area contributed by atoms with Crippen molar-refractivity contribution in [2.75, 3.05) is 4.72 Å². The average Bonchev–Trinajstić information content (AvgIpc) is 3.18. The summed E-state index contributed by atoms with van der Waals surface area (Å²) in [6.07, 6.45) is 3.87. The molecule has 3 aromatic rings. The molecule has 1 aromatic carbocycles. The Balaban J connectivity index is 2.08. The molecule has 0 unspecified atom stereocenters. The van der Waals surface area contributed by atoms with Crippen LogP contribution in [0, 0.1) is 20.8 Å². The first kappa shape index (κ1) is 18.1. The molecule has 0 bridgehead atoms. The van der Waals surface area contributed by atoms with Gasteiger partial charge in [-0.15, -0.1) is 10.2 Å². The van der Waals surface area contributed by atoms with Gasteiger partial charge < -0.3 is 0 Å². The van der Waals surface area contributed by atoms with Crippen LogP contribution in [-0.2, 0) is 16.6 Å². The van der Waals surface area contributed by atoms with Gasteiger partial charge >= 0.3 is 0 Å². The van der Waals surface area contributed by atoms with Crippen LogP contribution in [0.15, 0.2) is 35.7 Å². The van der Waals surface area contributed by atoms with Crippen molar-refractivity contribution < 1.29 is 8.42 Å². The van der Waals surface area contributed by atoms with Crippen LogP contribution in [0.1, 0.15) is 30.2 Å². The van der Waals surface area contributed by atoms with Crippen molar-refractivity contribution in [3.8, 4) is 5.82 Å². The van der Waals surface area contributed by atoms with E-state index >= 15 is 0 Å². The third-order valence-electron chi connectivity index (χ3n) is 4.14. The van der Waals surface area contributed by atoms with Crippen molar-refractivity contribution in [3.05, 3.63) is 47.7 Å². The van der Waals surface area contributed by atoms with Gasteiger partial charge in [-0.1, -0.05) is 24.6 Å². The highest BCUT2D eigenvalue weighted by Gasteiger charge is 2.24. The monoisotopic (exact) mass is 374 g/mol. The Morgan fingerprint density at radius 2 is 1.81 bits per heavy atom. The van der Waals surface area contributed by atoms with E-state index in [0.29, 0.717) is 23.6 Å². The molecule has 0 saturated carbocycles. The number of nitrogens with one attached hydrogen (secondary N) is 1. The number of benzene rings is 1. The lowest BCUT2D eigenvalue weighted by Crippen LogP contribution is -2.16. The molecule has 0 fully saturated rings. The fraction of sp³-hybridized carbons (Fsp3) is 0.353. The minimum absolute atomic E-state index is 0.250. The summed E-state index contributed by atoms with van der Waals surface area (Å²) in [6, 6.07) is 5.26. The second-order valence-corrected chi connectivity index (χ2v) is 7.90. The average molecular weight is 374 g/mol. The molecule has 2 heterocycles. The standard InChI is InChI=1S/C17H22N6O2S/c1-5-8-23-14(4)16(17(20-23)22-10-18-19-11-22)21-26(24,25)15-7-6-12(2)9-13(15)3/h6-7,9-11,21H,5,8H2,1-4H3. The number of hydrogen-bond donors (Lipinski definition) is 1. The molecule has 1 N–H and O–H groups in total. The maximum atomic E-state index is 13.0. The van der Waals surface area contributed by atoms with E-state index in [0.717, 1.165) is 17.7 Å². The number of nitrogens with zero attached hydrogens (tertiary/aromatic N) is 5. The Hall–Kier alpha value is -2.68. The number of hydrogen-bond acceptors (Lipinski definition) is 5. The first-order chi connectivity index (χ1) is 12.3. The molecular weight excluding hydrogens is 352 g/mol. The summed E-state index contributed by atoms with van der Waals surface area (Å²) in [7, 11) is -3.76. The van der Waals surface area contributed by atoms with Gasteiger partial charge in [-0.05, 0) is 38.8 Å². The molecule has 0 radical (unpaired) electrons. The molecule has 0 spiro atoms. The highest BCUT2D eigenvalue weighted by atomic mass is 32.2. The number of aromatic nitrogens is 5. The van der Waals surface area contributed by atoms with Crippen LogP contribution in [0.3, 0.4) is 0 Å². The summed E-state index contributed by atoms with van der Waals surface area (Å²) in [5.41, 5.74) is 2.88.